The van der Waals surface area contributed by atoms with E-state index in [4.69, 9.17) is 0 Å². The van der Waals surface area contributed by atoms with Crippen LogP contribution in [0.2, 0.25) is 0 Å². The van der Waals surface area contributed by atoms with Gasteiger partial charge in [-0.2, -0.15) is 0 Å². The molecule has 1 rings (SSSR count). The molecular weight excluding hydrogens is 144 g/mol. The number of hydrogen-bond donors (Lipinski definition) is 0. The van der Waals surface area contributed by atoms with Crippen LogP contribution >= 0.6 is 0 Å². The smallest absolute Gasteiger partial charge is 0.0164 e. The summed E-state index contributed by atoms with van der Waals surface area (Å²) >= 11 is 0. The molecule has 63 valence electrons. The molecule has 0 saturated carbocycles. The van der Waals surface area contributed by atoms with Gasteiger partial charge in [0.25, 0.3) is 0 Å². The highest BCUT2D eigenvalue weighted by molar-refractivity contribution is 5.14. The van der Waals surface area contributed by atoms with Crippen molar-refractivity contribution in [2.24, 2.45) is 0 Å². The van der Waals surface area contributed by atoms with Crippen LogP contribution in [0.4, 0.5) is 0 Å². The molecular formula is C12H15. The predicted molar refractivity (Wildman–Crippen MR) is 54.7 cm³/mol. The Morgan fingerprint density at radius 3 is 2.42 bits per heavy atom. The van der Waals surface area contributed by atoms with Crippen LogP contribution in [0, 0.1) is 6.42 Å². The lowest BCUT2D eigenvalue weighted by atomic mass is 10.2. The van der Waals surface area contributed by atoms with E-state index >= 15 is 0 Å². The molecule has 12 heavy (non-hydrogen) atoms. The summed E-state index contributed by atoms with van der Waals surface area (Å²) in [5.74, 6) is 0. The van der Waals surface area contributed by atoms with Gasteiger partial charge in [-0.3, -0.25) is 0 Å². The van der Waals surface area contributed by atoms with Gasteiger partial charge in [-0.1, -0.05) is 48.6 Å². The Labute approximate surface area is 75.0 Å². The van der Waals surface area contributed by atoms with Crippen LogP contribution in [-0.4, -0.2) is 0 Å². The molecule has 0 heterocycles. The Morgan fingerprint density at radius 1 is 0.583 bits per heavy atom. The molecule has 0 bridgehead atoms. The summed E-state index contributed by atoms with van der Waals surface area (Å²) in [6.07, 6.45) is 22.5. The summed E-state index contributed by atoms with van der Waals surface area (Å²) in [5.41, 5.74) is 0. The van der Waals surface area contributed by atoms with Gasteiger partial charge in [0.2, 0.25) is 0 Å². The molecule has 0 aliphatic heterocycles. The molecule has 0 atom stereocenters. The first-order chi connectivity index (χ1) is 6.00. The van der Waals surface area contributed by atoms with Crippen molar-refractivity contribution in [3.05, 3.63) is 55.0 Å². The van der Waals surface area contributed by atoms with Gasteiger partial charge in [0.05, 0.1) is 0 Å². The highest BCUT2D eigenvalue weighted by atomic mass is 13.9. The maximum absolute atomic E-state index is 2.24. The molecule has 0 nitrogen and oxygen atoms in total. The monoisotopic (exact) mass is 159 g/mol. The first-order valence-corrected chi connectivity index (χ1v) is 4.47. The van der Waals surface area contributed by atoms with Gasteiger partial charge in [0.1, 0.15) is 0 Å². The van der Waals surface area contributed by atoms with E-state index in [9.17, 15) is 0 Å². The lowest BCUT2D eigenvalue weighted by Gasteiger charge is -1.89. The van der Waals surface area contributed by atoms with Crippen molar-refractivity contribution in [3.63, 3.8) is 0 Å². The highest BCUT2D eigenvalue weighted by Gasteiger charge is 1.80. The highest BCUT2D eigenvalue weighted by Crippen LogP contribution is 1.99. The molecule has 0 unspecified atom stereocenters. The molecule has 0 spiro atoms. The van der Waals surface area contributed by atoms with E-state index in [1.165, 1.54) is 0 Å². The maximum Gasteiger partial charge on any atom is -0.0164 e. The molecule has 1 aliphatic rings. The van der Waals surface area contributed by atoms with Crippen molar-refractivity contribution in [1.29, 1.82) is 0 Å². The van der Waals surface area contributed by atoms with Crippen molar-refractivity contribution < 1.29 is 0 Å². The fourth-order valence-electron chi connectivity index (χ4n) is 1.01. The van der Waals surface area contributed by atoms with E-state index in [2.05, 4.69) is 55.0 Å². The van der Waals surface area contributed by atoms with Crippen LogP contribution in [0.1, 0.15) is 19.3 Å². The van der Waals surface area contributed by atoms with Crippen LogP contribution in [0.5, 0.6) is 0 Å². The fraction of sp³-hybridized carbons (Fsp3) is 0.250. The van der Waals surface area contributed by atoms with Gasteiger partial charge in [-0.25, -0.2) is 0 Å². The van der Waals surface area contributed by atoms with Crippen LogP contribution in [0.3, 0.4) is 0 Å². The third kappa shape index (κ3) is 4.73. The third-order valence-electron chi connectivity index (χ3n) is 1.66. The summed E-state index contributed by atoms with van der Waals surface area (Å²) in [4.78, 5) is 0. The average molecular weight is 159 g/mol. The van der Waals surface area contributed by atoms with E-state index in [-0.39, 0.29) is 0 Å². The fourth-order valence-corrected chi connectivity index (χ4v) is 1.01. The summed E-state index contributed by atoms with van der Waals surface area (Å²) in [6, 6.07) is 0. The SMILES string of the molecule is [CH]1\C=C/C=C/C=C\C/C=C\CC1. The summed E-state index contributed by atoms with van der Waals surface area (Å²) in [7, 11) is 0. The number of allylic oxidation sites excluding steroid dienone is 8. The minimum Gasteiger partial charge on any atom is -0.0882 e. The topological polar surface area (TPSA) is 0 Å². The Balaban J connectivity index is 2.42. The molecule has 0 N–H and O–H groups in total. The molecule has 0 aromatic rings. The molecule has 0 saturated heterocycles. The Kier molecular flexibility index (Phi) is 5.02. The zero-order valence-electron chi connectivity index (χ0n) is 7.32. The zero-order chi connectivity index (χ0) is 8.49. The second-order valence-corrected chi connectivity index (χ2v) is 2.72. The van der Waals surface area contributed by atoms with Gasteiger partial charge >= 0.3 is 0 Å². The van der Waals surface area contributed by atoms with E-state index < -0.39 is 0 Å². The second-order valence-electron chi connectivity index (χ2n) is 2.72. The average Bonchev–Trinajstić information content (AvgIpc) is 2.05. The number of hydrogen-bond acceptors (Lipinski definition) is 0. The maximum atomic E-state index is 2.24. The van der Waals surface area contributed by atoms with Gasteiger partial charge in [-0.05, 0) is 25.7 Å². The van der Waals surface area contributed by atoms with Crippen molar-refractivity contribution in [2.75, 3.05) is 0 Å². The van der Waals surface area contributed by atoms with E-state index in [0.29, 0.717) is 0 Å². The molecule has 1 aliphatic carbocycles. The van der Waals surface area contributed by atoms with Crippen LogP contribution in [0.25, 0.3) is 0 Å². The molecule has 0 amide bonds. The largest absolute Gasteiger partial charge is 0.0882 e. The molecule has 0 aromatic carbocycles. The predicted octanol–water partition coefficient (Wildman–Crippen LogP) is 3.60. The minimum absolute atomic E-state index is 1.05. The Morgan fingerprint density at radius 2 is 1.42 bits per heavy atom. The van der Waals surface area contributed by atoms with Crippen LogP contribution in [-0.2, 0) is 0 Å². The van der Waals surface area contributed by atoms with Crippen LogP contribution < -0.4 is 0 Å². The Hall–Kier alpha value is -1.04. The zero-order valence-corrected chi connectivity index (χ0v) is 7.32. The summed E-state index contributed by atoms with van der Waals surface area (Å²) in [5, 5.41) is 0. The van der Waals surface area contributed by atoms with Gasteiger partial charge in [0, 0.05) is 0 Å². The van der Waals surface area contributed by atoms with Gasteiger partial charge < -0.3 is 0 Å². The quantitative estimate of drug-likeness (QED) is 0.474. The summed E-state index contributed by atoms with van der Waals surface area (Å²) < 4.78 is 0. The van der Waals surface area contributed by atoms with E-state index in [1.54, 1.807) is 0 Å². The molecule has 0 fully saturated rings. The van der Waals surface area contributed by atoms with E-state index in [1.807, 2.05) is 0 Å². The van der Waals surface area contributed by atoms with Crippen molar-refractivity contribution in [2.45, 2.75) is 19.3 Å². The van der Waals surface area contributed by atoms with Crippen molar-refractivity contribution in [1.82, 2.24) is 0 Å². The molecule has 1 radical (unpaired) electrons. The second kappa shape index (κ2) is 6.66. The molecule has 0 aromatic heterocycles. The standard InChI is InChI=1S/C12H15/c1-2-4-6-8-10-12-11-9-7-5-3-1/h1-7,10,12H,8-9,11H2/b2-1+,5-3-,6-4-,12-10-. The Bertz CT molecular complexity index is 204. The van der Waals surface area contributed by atoms with Crippen LogP contribution in [0.15, 0.2) is 48.6 Å². The van der Waals surface area contributed by atoms with Gasteiger partial charge in [-0.15, -0.1) is 0 Å². The first-order valence-electron chi connectivity index (χ1n) is 4.47. The summed E-state index contributed by atoms with van der Waals surface area (Å²) in [6.45, 7) is 0. The lowest BCUT2D eigenvalue weighted by molar-refractivity contribution is 0.998. The van der Waals surface area contributed by atoms with E-state index in [0.717, 1.165) is 19.3 Å². The van der Waals surface area contributed by atoms with Crippen molar-refractivity contribution in [3.8, 4) is 0 Å². The van der Waals surface area contributed by atoms with Gasteiger partial charge in [0.15, 0.2) is 0 Å². The normalized spacial score (nSPS) is 29.3. The van der Waals surface area contributed by atoms with Crippen molar-refractivity contribution >= 4 is 0 Å². The lowest BCUT2D eigenvalue weighted by Crippen LogP contribution is -1.70. The minimum atomic E-state index is 1.05. The first kappa shape index (κ1) is 9.05. The molecule has 0 heteroatoms. The third-order valence-corrected chi connectivity index (χ3v) is 1.66. The number of rotatable bonds is 0.